The van der Waals surface area contributed by atoms with E-state index in [9.17, 15) is 4.79 Å². The third-order valence-corrected chi connectivity index (χ3v) is 3.67. The van der Waals surface area contributed by atoms with Crippen LogP contribution in [0.4, 0.5) is 0 Å². The lowest BCUT2D eigenvalue weighted by molar-refractivity contribution is -0.130. The fourth-order valence-electron chi connectivity index (χ4n) is 2.39. The summed E-state index contributed by atoms with van der Waals surface area (Å²) in [5.74, 6) is 0.578. The van der Waals surface area contributed by atoms with Crippen LogP contribution in [0.3, 0.4) is 0 Å². The van der Waals surface area contributed by atoms with Crippen molar-refractivity contribution in [2.45, 2.75) is 6.92 Å². The van der Waals surface area contributed by atoms with Crippen molar-refractivity contribution in [3.05, 3.63) is 42.0 Å². The van der Waals surface area contributed by atoms with Crippen molar-refractivity contribution >= 4 is 17.8 Å². The molecule has 0 aromatic heterocycles. The minimum Gasteiger partial charge on any atom is -0.390 e. The van der Waals surface area contributed by atoms with E-state index < -0.39 is 0 Å². The van der Waals surface area contributed by atoms with Crippen LogP contribution in [-0.2, 0) is 9.63 Å². The number of amides is 1. The van der Waals surface area contributed by atoms with Gasteiger partial charge in [-0.3, -0.25) is 9.69 Å². The second-order valence-electron chi connectivity index (χ2n) is 5.47. The lowest BCUT2D eigenvalue weighted by Crippen LogP contribution is -2.50. The average Bonchev–Trinajstić information content (AvgIpc) is 2.56. The number of amidine groups is 1. The molecule has 1 aromatic carbocycles. The summed E-state index contributed by atoms with van der Waals surface area (Å²) in [6.07, 6.45) is 3.88. The van der Waals surface area contributed by atoms with Gasteiger partial charge in [0.2, 0.25) is 5.91 Å². The molecule has 1 fully saturated rings. The Bertz CT molecular complexity index is 549. The summed E-state index contributed by atoms with van der Waals surface area (Å²) < 4.78 is 0. The van der Waals surface area contributed by atoms with E-state index in [0.717, 1.165) is 31.7 Å². The smallest absolute Gasteiger partial charge is 0.219 e. The zero-order valence-corrected chi connectivity index (χ0v) is 13.5. The summed E-state index contributed by atoms with van der Waals surface area (Å²) >= 11 is 0. The van der Waals surface area contributed by atoms with E-state index in [1.54, 1.807) is 6.92 Å². The van der Waals surface area contributed by atoms with Gasteiger partial charge in [0.1, 0.15) is 6.61 Å². The van der Waals surface area contributed by atoms with Crippen LogP contribution in [0.2, 0.25) is 0 Å². The van der Waals surface area contributed by atoms with Crippen LogP contribution < -0.4 is 5.73 Å². The third kappa shape index (κ3) is 6.12. The normalized spacial score (nSPS) is 16.7. The number of hydrogen-bond donors (Lipinski definition) is 1. The summed E-state index contributed by atoms with van der Waals surface area (Å²) in [6.45, 7) is 5.64. The quantitative estimate of drug-likeness (QED) is 0.370. The van der Waals surface area contributed by atoms with E-state index >= 15 is 0 Å². The van der Waals surface area contributed by atoms with Crippen molar-refractivity contribution in [1.29, 1.82) is 0 Å². The van der Waals surface area contributed by atoms with E-state index in [-0.39, 0.29) is 5.91 Å². The van der Waals surface area contributed by atoms with Gasteiger partial charge in [0.15, 0.2) is 5.84 Å². The first-order chi connectivity index (χ1) is 11.1. The highest BCUT2D eigenvalue weighted by molar-refractivity contribution is 5.81. The Labute approximate surface area is 137 Å². The molecule has 0 aliphatic carbocycles. The van der Waals surface area contributed by atoms with Gasteiger partial charge in [-0.05, 0) is 11.6 Å². The molecule has 0 saturated carbocycles. The molecule has 0 unspecified atom stereocenters. The van der Waals surface area contributed by atoms with Crippen molar-refractivity contribution in [2.24, 2.45) is 10.9 Å². The molecule has 0 bridgehead atoms. The van der Waals surface area contributed by atoms with Crippen molar-refractivity contribution in [3.63, 3.8) is 0 Å². The fraction of sp³-hybridized carbons (Fsp3) is 0.412. The van der Waals surface area contributed by atoms with Gasteiger partial charge in [-0.25, -0.2) is 0 Å². The molecule has 124 valence electrons. The molecule has 6 heteroatoms. The summed E-state index contributed by atoms with van der Waals surface area (Å²) in [6, 6.07) is 10.0. The highest BCUT2D eigenvalue weighted by atomic mass is 16.6. The number of benzene rings is 1. The maximum absolute atomic E-state index is 11.3. The molecule has 6 nitrogen and oxygen atoms in total. The first-order valence-electron chi connectivity index (χ1n) is 7.79. The molecule has 2 N–H and O–H groups in total. The van der Waals surface area contributed by atoms with E-state index in [1.165, 1.54) is 0 Å². The lowest BCUT2D eigenvalue weighted by atomic mass is 10.2. The highest BCUT2D eigenvalue weighted by Crippen LogP contribution is 2.02. The third-order valence-electron chi connectivity index (χ3n) is 3.67. The van der Waals surface area contributed by atoms with Crippen molar-refractivity contribution in [3.8, 4) is 0 Å². The summed E-state index contributed by atoms with van der Waals surface area (Å²) in [4.78, 5) is 20.5. The summed E-state index contributed by atoms with van der Waals surface area (Å²) in [5, 5.41) is 3.92. The largest absolute Gasteiger partial charge is 0.390 e. The molecule has 1 heterocycles. The maximum Gasteiger partial charge on any atom is 0.219 e. The molecule has 1 aliphatic rings. The van der Waals surface area contributed by atoms with Crippen molar-refractivity contribution < 1.29 is 9.63 Å². The topological polar surface area (TPSA) is 71.2 Å². The van der Waals surface area contributed by atoms with Gasteiger partial charge in [-0.2, -0.15) is 0 Å². The van der Waals surface area contributed by atoms with Crippen LogP contribution in [0.25, 0.3) is 6.08 Å². The van der Waals surface area contributed by atoms with Crippen LogP contribution in [0.5, 0.6) is 0 Å². The molecule has 1 amide bonds. The molecule has 1 aliphatic heterocycles. The number of oxime groups is 1. The Hall–Kier alpha value is -2.34. The van der Waals surface area contributed by atoms with Gasteiger partial charge >= 0.3 is 0 Å². The Morgan fingerprint density at radius 2 is 1.96 bits per heavy atom. The minimum atomic E-state index is 0.125. The minimum absolute atomic E-state index is 0.125. The zero-order chi connectivity index (χ0) is 16.5. The summed E-state index contributed by atoms with van der Waals surface area (Å²) in [5.41, 5.74) is 6.99. The number of hydrogen-bond acceptors (Lipinski definition) is 4. The van der Waals surface area contributed by atoms with E-state index in [2.05, 4.69) is 10.1 Å². The number of carbonyl (C=O) groups is 1. The highest BCUT2D eigenvalue weighted by Gasteiger charge is 2.18. The van der Waals surface area contributed by atoms with Crippen LogP contribution in [0.1, 0.15) is 12.5 Å². The predicted molar refractivity (Wildman–Crippen MR) is 91.7 cm³/mol. The number of rotatable bonds is 6. The maximum atomic E-state index is 11.3. The number of carbonyl (C=O) groups excluding carboxylic acids is 1. The molecule has 0 radical (unpaired) electrons. The monoisotopic (exact) mass is 316 g/mol. The van der Waals surface area contributed by atoms with Gasteiger partial charge in [0.05, 0.1) is 6.54 Å². The molecule has 2 rings (SSSR count). The molecular weight excluding hydrogens is 292 g/mol. The molecule has 1 aromatic rings. The molecule has 23 heavy (non-hydrogen) atoms. The molecule has 0 spiro atoms. The van der Waals surface area contributed by atoms with Crippen molar-refractivity contribution in [1.82, 2.24) is 9.80 Å². The number of nitrogens with two attached hydrogens (primary N) is 1. The number of nitrogens with zero attached hydrogens (tertiary/aromatic N) is 3. The fourth-order valence-corrected chi connectivity index (χ4v) is 2.39. The molecule has 0 atom stereocenters. The Kier molecular flexibility index (Phi) is 6.62. The van der Waals surface area contributed by atoms with Crippen LogP contribution in [0.15, 0.2) is 41.6 Å². The second kappa shape index (κ2) is 8.95. The van der Waals surface area contributed by atoms with Crippen LogP contribution in [-0.4, -0.2) is 60.9 Å². The number of piperazine rings is 1. The van der Waals surface area contributed by atoms with Gasteiger partial charge in [0.25, 0.3) is 0 Å². The summed E-state index contributed by atoms with van der Waals surface area (Å²) in [7, 11) is 0. The molecular formula is C17H24N4O2. The van der Waals surface area contributed by atoms with E-state index in [1.807, 2.05) is 47.4 Å². The predicted octanol–water partition coefficient (Wildman–Crippen LogP) is 1.15. The molecule has 1 saturated heterocycles. The zero-order valence-electron chi connectivity index (χ0n) is 13.5. The Morgan fingerprint density at radius 1 is 1.26 bits per heavy atom. The van der Waals surface area contributed by atoms with Crippen LogP contribution >= 0.6 is 0 Å². The SMILES string of the molecule is CC(=O)N1CCN(CC(N)=NOCC=Cc2ccccc2)CC1. The van der Waals surface area contributed by atoms with Gasteiger partial charge in [-0.1, -0.05) is 41.6 Å². The second-order valence-corrected chi connectivity index (χ2v) is 5.47. The Balaban J connectivity index is 1.66. The van der Waals surface area contributed by atoms with Gasteiger partial charge < -0.3 is 15.5 Å². The lowest BCUT2D eigenvalue weighted by Gasteiger charge is -2.33. The van der Waals surface area contributed by atoms with Crippen LogP contribution in [0, 0.1) is 0 Å². The Morgan fingerprint density at radius 3 is 2.61 bits per heavy atom. The average molecular weight is 316 g/mol. The van der Waals surface area contributed by atoms with Gasteiger partial charge in [-0.15, -0.1) is 0 Å². The first kappa shape index (κ1) is 17.0. The van der Waals surface area contributed by atoms with Crippen molar-refractivity contribution in [2.75, 3.05) is 39.3 Å². The van der Waals surface area contributed by atoms with E-state index in [0.29, 0.717) is 19.0 Å². The van der Waals surface area contributed by atoms with Gasteiger partial charge in [0, 0.05) is 33.1 Å². The van der Waals surface area contributed by atoms with E-state index in [4.69, 9.17) is 10.6 Å². The first-order valence-corrected chi connectivity index (χ1v) is 7.79. The standard InChI is InChI=1S/C17H24N4O2/c1-15(22)21-11-9-20(10-12-21)14-17(18)19-23-13-5-8-16-6-3-2-4-7-16/h2-8H,9-14H2,1H3,(H2,18,19).